The SMILES string of the molecule is COc1ccc(S(=O)(=O)N2CCCC2C(=O)Nc2ncccn2)cc1OC. The monoisotopic (exact) mass is 392 g/mol. The fourth-order valence-electron chi connectivity index (χ4n) is 2.96. The van der Waals surface area contributed by atoms with Gasteiger partial charge in [0.15, 0.2) is 11.5 Å². The zero-order valence-electron chi connectivity index (χ0n) is 15.0. The number of nitrogens with one attached hydrogen (secondary N) is 1. The van der Waals surface area contributed by atoms with Crippen molar-refractivity contribution in [3.63, 3.8) is 0 Å². The van der Waals surface area contributed by atoms with Crippen molar-refractivity contribution in [2.24, 2.45) is 0 Å². The Labute approximate surface area is 157 Å². The highest BCUT2D eigenvalue weighted by atomic mass is 32.2. The second-order valence-corrected chi connectivity index (χ2v) is 7.74. The minimum absolute atomic E-state index is 0.0378. The summed E-state index contributed by atoms with van der Waals surface area (Å²) in [6.07, 6.45) is 4.00. The van der Waals surface area contributed by atoms with Gasteiger partial charge in [-0.3, -0.25) is 10.1 Å². The first-order chi connectivity index (χ1) is 13.0. The van der Waals surface area contributed by atoms with Gasteiger partial charge in [0.1, 0.15) is 6.04 Å². The van der Waals surface area contributed by atoms with Gasteiger partial charge in [0, 0.05) is 25.0 Å². The molecule has 10 heteroatoms. The Morgan fingerprint density at radius 1 is 1.19 bits per heavy atom. The minimum atomic E-state index is -3.89. The van der Waals surface area contributed by atoms with E-state index in [1.54, 1.807) is 6.07 Å². The molecule has 2 aromatic rings. The second kappa shape index (κ2) is 7.89. The number of methoxy groups -OCH3 is 2. The third-order valence-corrected chi connectivity index (χ3v) is 6.17. The normalized spacial score (nSPS) is 17.5. The number of amides is 1. The van der Waals surface area contributed by atoms with Crippen molar-refractivity contribution in [2.75, 3.05) is 26.1 Å². The van der Waals surface area contributed by atoms with E-state index in [0.29, 0.717) is 24.3 Å². The summed E-state index contributed by atoms with van der Waals surface area (Å²) in [7, 11) is -0.985. The molecule has 1 atom stereocenters. The summed E-state index contributed by atoms with van der Waals surface area (Å²) in [4.78, 5) is 20.5. The zero-order valence-corrected chi connectivity index (χ0v) is 15.8. The fourth-order valence-corrected chi connectivity index (χ4v) is 4.63. The van der Waals surface area contributed by atoms with E-state index in [4.69, 9.17) is 9.47 Å². The predicted molar refractivity (Wildman–Crippen MR) is 97.1 cm³/mol. The number of nitrogens with zero attached hydrogens (tertiary/aromatic N) is 3. The topological polar surface area (TPSA) is 111 Å². The number of hydrogen-bond donors (Lipinski definition) is 1. The molecule has 9 nitrogen and oxygen atoms in total. The Morgan fingerprint density at radius 2 is 1.89 bits per heavy atom. The molecule has 0 spiro atoms. The van der Waals surface area contributed by atoms with Crippen LogP contribution in [0.25, 0.3) is 0 Å². The highest BCUT2D eigenvalue weighted by Crippen LogP contribution is 2.33. The molecule has 3 rings (SSSR count). The van der Waals surface area contributed by atoms with E-state index in [1.165, 1.54) is 49.1 Å². The van der Waals surface area contributed by atoms with Crippen LogP contribution in [0.5, 0.6) is 11.5 Å². The van der Waals surface area contributed by atoms with Crippen molar-refractivity contribution in [3.8, 4) is 11.5 Å². The predicted octanol–water partition coefficient (Wildman–Crippen LogP) is 1.29. The van der Waals surface area contributed by atoms with Crippen LogP contribution in [0.3, 0.4) is 0 Å². The van der Waals surface area contributed by atoms with E-state index in [2.05, 4.69) is 15.3 Å². The number of carbonyl (C=O) groups excluding carboxylic acids is 1. The van der Waals surface area contributed by atoms with Crippen molar-refractivity contribution in [1.29, 1.82) is 0 Å². The summed E-state index contributed by atoms with van der Waals surface area (Å²) in [5.74, 6) is 0.408. The minimum Gasteiger partial charge on any atom is -0.493 e. The molecular weight excluding hydrogens is 372 g/mol. The molecular formula is C17H20N4O5S. The molecule has 27 heavy (non-hydrogen) atoms. The number of rotatable bonds is 6. The van der Waals surface area contributed by atoms with Crippen LogP contribution >= 0.6 is 0 Å². The summed E-state index contributed by atoms with van der Waals surface area (Å²) in [5, 5.41) is 2.57. The van der Waals surface area contributed by atoms with E-state index in [0.717, 1.165) is 0 Å². The molecule has 0 aliphatic carbocycles. The van der Waals surface area contributed by atoms with Crippen LogP contribution in [0.15, 0.2) is 41.6 Å². The summed E-state index contributed by atoms with van der Waals surface area (Å²) < 4.78 is 37.7. The summed E-state index contributed by atoms with van der Waals surface area (Å²) in [6.45, 7) is 0.254. The first-order valence-electron chi connectivity index (χ1n) is 8.29. The Hall–Kier alpha value is -2.72. The van der Waals surface area contributed by atoms with Gasteiger partial charge in [-0.2, -0.15) is 4.31 Å². The quantitative estimate of drug-likeness (QED) is 0.788. The molecule has 1 aromatic heterocycles. The van der Waals surface area contributed by atoms with E-state index in [1.807, 2.05) is 0 Å². The average molecular weight is 392 g/mol. The maximum atomic E-state index is 13.1. The number of ether oxygens (including phenoxy) is 2. The molecule has 0 radical (unpaired) electrons. The lowest BCUT2D eigenvalue weighted by molar-refractivity contribution is -0.119. The molecule has 1 aliphatic rings. The Balaban J connectivity index is 1.86. The van der Waals surface area contributed by atoms with E-state index >= 15 is 0 Å². The van der Waals surface area contributed by atoms with Crippen LogP contribution in [0.2, 0.25) is 0 Å². The van der Waals surface area contributed by atoms with Crippen LogP contribution in [0, 0.1) is 0 Å². The fraction of sp³-hybridized carbons (Fsp3) is 0.353. The van der Waals surface area contributed by atoms with Gasteiger partial charge in [-0.15, -0.1) is 0 Å². The van der Waals surface area contributed by atoms with Gasteiger partial charge >= 0.3 is 0 Å². The Morgan fingerprint density at radius 3 is 2.56 bits per heavy atom. The molecule has 1 aromatic carbocycles. The third-order valence-electron chi connectivity index (χ3n) is 4.27. The standard InChI is InChI=1S/C17H20N4O5S/c1-25-14-7-6-12(11-15(14)26-2)27(23,24)21-10-3-5-13(21)16(22)20-17-18-8-4-9-19-17/h4,6-9,11,13H,3,5,10H2,1-2H3,(H,18,19,20,22). The lowest BCUT2D eigenvalue weighted by atomic mass is 10.2. The van der Waals surface area contributed by atoms with Gasteiger partial charge in [0.05, 0.1) is 19.1 Å². The van der Waals surface area contributed by atoms with Gasteiger partial charge < -0.3 is 9.47 Å². The highest BCUT2D eigenvalue weighted by Gasteiger charge is 2.40. The number of benzene rings is 1. The van der Waals surface area contributed by atoms with Crippen molar-refractivity contribution in [3.05, 3.63) is 36.7 Å². The van der Waals surface area contributed by atoms with E-state index < -0.39 is 22.0 Å². The van der Waals surface area contributed by atoms with Crippen LogP contribution in [0.4, 0.5) is 5.95 Å². The second-order valence-electron chi connectivity index (χ2n) is 5.85. The number of hydrogen-bond acceptors (Lipinski definition) is 7. The molecule has 1 unspecified atom stereocenters. The first-order valence-corrected chi connectivity index (χ1v) is 9.73. The van der Waals surface area contributed by atoms with Gasteiger partial charge in [-0.05, 0) is 31.0 Å². The molecule has 0 saturated carbocycles. The Kier molecular flexibility index (Phi) is 5.57. The maximum Gasteiger partial charge on any atom is 0.245 e. The van der Waals surface area contributed by atoms with Crippen LogP contribution < -0.4 is 14.8 Å². The average Bonchev–Trinajstić information content (AvgIpc) is 3.19. The molecule has 1 amide bonds. The highest BCUT2D eigenvalue weighted by molar-refractivity contribution is 7.89. The summed E-state index contributed by atoms with van der Waals surface area (Å²) in [6, 6.07) is 5.15. The van der Waals surface area contributed by atoms with E-state index in [9.17, 15) is 13.2 Å². The van der Waals surface area contributed by atoms with Gasteiger partial charge in [-0.1, -0.05) is 0 Å². The zero-order chi connectivity index (χ0) is 19.4. The first kappa shape index (κ1) is 19.1. The van der Waals surface area contributed by atoms with Crippen molar-refractivity contribution >= 4 is 21.9 Å². The lowest BCUT2D eigenvalue weighted by Gasteiger charge is -2.23. The molecule has 1 N–H and O–H groups in total. The van der Waals surface area contributed by atoms with Gasteiger partial charge in [-0.25, -0.2) is 18.4 Å². The Bertz CT molecular complexity index is 920. The van der Waals surface area contributed by atoms with Crippen LogP contribution in [-0.2, 0) is 14.8 Å². The molecule has 0 bridgehead atoms. The van der Waals surface area contributed by atoms with Crippen molar-refractivity contribution < 1.29 is 22.7 Å². The molecule has 1 fully saturated rings. The van der Waals surface area contributed by atoms with E-state index in [-0.39, 0.29) is 17.4 Å². The summed E-state index contributed by atoms with van der Waals surface area (Å²) in [5.41, 5.74) is 0. The maximum absolute atomic E-state index is 13.1. The van der Waals surface area contributed by atoms with Gasteiger partial charge in [0.25, 0.3) is 0 Å². The lowest BCUT2D eigenvalue weighted by Crippen LogP contribution is -2.43. The van der Waals surface area contributed by atoms with Crippen molar-refractivity contribution in [1.82, 2.24) is 14.3 Å². The van der Waals surface area contributed by atoms with Crippen molar-refractivity contribution in [2.45, 2.75) is 23.8 Å². The molecule has 1 saturated heterocycles. The molecule has 2 heterocycles. The number of anilines is 1. The smallest absolute Gasteiger partial charge is 0.245 e. The van der Waals surface area contributed by atoms with Gasteiger partial charge in [0.2, 0.25) is 21.9 Å². The third kappa shape index (κ3) is 3.86. The largest absolute Gasteiger partial charge is 0.493 e. The van der Waals surface area contributed by atoms with Crippen LogP contribution in [0.1, 0.15) is 12.8 Å². The number of carbonyl (C=O) groups is 1. The molecule has 1 aliphatic heterocycles. The molecule has 144 valence electrons. The number of aromatic nitrogens is 2. The number of sulfonamides is 1. The van der Waals surface area contributed by atoms with Crippen LogP contribution in [-0.4, -0.2) is 55.4 Å². The summed E-state index contributed by atoms with van der Waals surface area (Å²) >= 11 is 0.